The summed E-state index contributed by atoms with van der Waals surface area (Å²) < 4.78 is 5.97. The molecule has 2 atom stereocenters. The molecule has 0 bridgehead atoms. The second-order valence-electron chi connectivity index (χ2n) is 6.59. The fourth-order valence-electron chi connectivity index (χ4n) is 3.18. The van der Waals surface area contributed by atoms with Crippen molar-refractivity contribution in [3.63, 3.8) is 0 Å². The minimum absolute atomic E-state index is 0.0338. The minimum atomic E-state index is 0.0338. The second kappa shape index (κ2) is 5.32. The number of hydrogen-bond acceptors (Lipinski definition) is 3. The molecule has 1 aliphatic rings. The standard InChI is InChI=1S/C16H23NO2/c1-11-7-14(9-16(3,4)8-11)19-15-6-5-13(10-17-15)12(2)18/h5-6,10-11,14H,7-9H2,1-4H3. The molecule has 104 valence electrons. The molecule has 1 fully saturated rings. The van der Waals surface area contributed by atoms with Gasteiger partial charge in [-0.1, -0.05) is 20.8 Å². The molecule has 0 radical (unpaired) electrons. The number of pyridine rings is 1. The number of nitrogens with zero attached hydrogens (tertiary/aromatic N) is 1. The first-order valence-electron chi connectivity index (χ1n) is 6.99. The fraction of sp³-hybridized carbons (Fsp3) is 0.625. The van der Waals surface area contributed by atoms with Gasteiger partial charge in [0.1, 0.15) is 6.10 Å². The Bertz CT molecular complexity index is 450. The smallest absolute Gasteiger partial charge is 0.213 e. The number of carbonyl (C=O) groups is 1. The van der Waals surface area contributed by atoms with E-state index in [0.29, 0.717) is 22.8 Å². The number of rotatable bonds is 3. The minimum Gasteiger partial charge on any atom is -0.474 e. The maximum absolute atomic E-state index is 11.2. The zero-order valence-electron chi connectivity index (χ0n) is 12.3. The summed E-state index contributed by atoms with van der Waals surface area (Å²) in [5.41, 5.74) is 0.964. The van der Waals surface area contributed by atoms with Crippen molar-refractivity contribution in [1.29, 1.82) is 0 Å². The van der Waals surface area contributed by atoms with E-state index >= 15 is 0 Å². The van der Waals surface area contributed by atoms with Crippen LogP contribution < -0.4 is 4.74 Å². The van der Waals surface area contributed by atoms with Gasteiger partial charge >= 0.3 is 0 Å². The monoisotopic (exact) mass is 261 g/mol. The molecule has 2 unspecified atom stereocenters. The number of carbonyl (C=O) groups excluding carboxylic acids is 1. The molecule has 1 aliphatic carbocycles. The molecule has 0 aromatic carbocycles. The van der Waals surface area contributed by atoms with E-state index in [0.717, 1.165) is 12.8 Å². The number of aromatic nitrogens is 1. The van der Waals surface area contributed by atoms with Crippen molar-refractivity contribution in [2.45, 2.75) is 53.1 Å². The molecule has 1 aromatic heterocycles. The van der Waals surface area contributed by atoms with Crippen molar-refractivity contribution in [2.75, 3.05) is 0 Å². The van der Waals surface area contributed by atoms with Crippen molar-refractivity contribution in [1.82, 2.24) is 4.98 Å². The van der Waals surface area contributed by atoms with Crippen molar-refractivity contribution in [2.24, 2.45) is 11.3 Å². The molecular weight excluding hydrogens is 238 g/mol. The second-order valence-corrected chi connectivity index (χ2v) is 6.59. The van der Waals surface area contributed by atoms with Crippen LogP contribution in [0.25, 0.3) is 0 Å². The van der Waals surface area contributed by atoms with Gasteiger partial charge in [0.15, 0.2) is 5.78 Å². The Morgan fingerprint density at radius 2 is 2.11 bits per heavy atom. The van der Waals surface area contributed by atoms with Gasteiger partial charge in [-0.2, -0.15) is 0 Å². The largest absolute Gasteiger partial charge is 0.474 e. The van der Waals surface area contributed by atoms with Gasteiger partial charge in [-0.05, 0) is 43.6 Å². The van der Waals surface area contributed by atoms with Gasteiger partial charge in [-0.3, -0.25) is 4.79 Å². The van der Waals surface area contributed by atoms with Crippen LogP contribution in [0.4, 0.5) is 0 Å². The Hall–Kier alpha value is -1.38. The van der Waals surface area contributed by atoms with Gasteiger partial charge in [-0.15, -0.1) is 0 Å². The Balaban J connectivity index is 2.02. The maximum Gasteiger partial charge on any atom is 0.213 e. The first-order valence-corrected chi connectivity index (χ1v) is 6.99. The molecule has 0 spiro atoms. The summed E-state index contributed by atoms with van der Waals surface area (Å²) in [7, 11) is 0. The van der Waals surface area contributed by atoms with Gasteiger partial charge in [0, 0.05) is 17.8 Å². The van der Waals surface area contributed by atoms with Gasteiger partial charge in [0.2, 0.25) is 5.88 Å². The van der Waals surface area contributed by atoms with Crippen LogP contribution in [0.3, 0.4) is 0 Å². The van der Waals surface area contributed by atoms with Gasteiger partial charge in [-0.25, -0.2) is 4.98 Å². The van der Waals surface area contributed by atoms with Crippen LogP contribution in [0.5, 0.6) is 5.88 Å². The Morgan fingerprint density at radius 3 is 2.63 bits per heavy atom. The highest BCUT2D eigenvalue weighted by atomic mass is 16.5. The lowest BCUT2D eigenvalue weighted by atomic mass is 9.71. The predicted octanol–water partition coefficient (Wildman–Crippen LogP) is 3.88. The lowest BCUT2D eigenvalue weighted by Crippen LogP contribution is -2.34. The Labute approximate surface area is 115 Å². The van der Waals surface area contributed by atoms with Crippen LogP contribution in [0.1, 0.15) is 57.3 Å². The summed E-state index contributed by atoms with van der Waals surface area (Å²) >= 11 is 0. The third kappa shape index (κ3) is 3.79. The lowest BCUT2D eigenvalue weighted by Gasteiger charge is -2.38. The summed E-state index contributed by atoms with van der Waals surface area (Å²) in [4.78, 5) is 15.4. The first-order chi connectivity index (χ1) is 8.85. The van der Waals surface area contributed by atoms with E-state index in [-0.39, 0.29) is 11.9 Å². The average Bonchev–Trinajstić information content (AvgIpc) is 2.26. The molecule has 2 rings (SSSR count). The number of hydrogen-bond donors (Lipinski definition) is 0. The third-order valence-electron chi connectivity index (χ3n) is 3.78. The first kappa shape index (κ1) is 14.0. The van der Waals surface area contributed by atoms with E-state index in [1.165, 1.54) is 6.42 Å². The molecule has 0 N–H and O–H groups in total. The molecule has 0 aliphatic heterocycles. The van der Waals surface area contributed by atoms with Crippen LogP contribution in [-0.4, -0.2) is 16.9 Å². The number of ether oxygens (including phenoxy) is 1. The van der Waals surface area contributed by atoms with E-state index in [4.69, 9.17) is 4.74 Å². The molecular formula is C16H23NO2. The predicted molar refractivity (Wildman–Crippen MR) is 75.5 cm³/mol. The highest BCUT2D eigenvalue weighted by Crippen LogP contribution is 2.39. The normalized spacial score (nSPS) is 25.9. The van der Waals surface area contributed by atoms with E-state index in [1.807, 2.05) is 0 Å². The average molecular weight is 261 g/mol. The lowest BCUT2D eigenvalue weighted by molar-refractivity contribution is 0.0532. The summed E-state index contributed by atoms with van der Waals surface area (Å²) in [5, 5.41) is 0. The molecule has 19 heavy (non-hydrogen) atoms. The van der Waals surface area contributed by atoms with E-state index < -0.39 is 0 Å². The summed E-state index contributed by atoms with van der Waals surface area (Å²) in [5.74, 6) is 1.34. The van der Waals surface area contributed by atoms with Crippen molar-refractivity contribution >= 4 is 5.78 Å². The van der Waals surface area contributed by atoms with Crippen LogP contribution in [0.2, 0.25) is 0 Å². The third-order valence-corrected chi connectivity index (χ3v) is 3.78. The highest BCUT2D eigenvalue weighted by Gasteiger charge is 2.33. The van der Waals surface area contributed by atoms with Gasteiger partial charge in [0.25, 0.3) is 0 Å². The fourth-order valence-corrected chi connectivity index (χ4v) is 3.18. The highest BCUT2D eigenvalue weighted by molar-refractivity contribution is 5.93. The number of ketones is 1. The van der Waals surface area contributed by atoms with Crippen molar-refractivity contribution in [3.05, 3.63) is 23.9 Å². The number of Topliss-reactive ketones (excluding diaryl/α,β-unsaturated/α-hetero) is 1. The maximum atomic E-state index is 11.2. The van der Waals surface area contributed by atoms with Crippen LogP contribution in [0.15, 0.2) is 18.3 Å². The molecule has 0 saturated heterocycles. The molecule has 1 saturated carbocycles. The van der Waals surface area contributed by atoms with Crippen molar-refractivity contribution in [3.8, 4) is 5.88 Å². The Morgan fingerprint density at radius 1 is 1.37 bits per heavy atom. The summed E-state index contributed by atoms with van der Waals surface area (Å²) in [6.07, 6.45) is 5.22. The zero-order chi connectivity index (χ0) is 14.0. The van der Waals surface area contributed by atoms with E-state index in [9.17, 15) is 4.79 Å². The van der Waals surface area contributed by atoms with Crippen molar-refractivity contribution < 1.29 is 9.53 Å². The Kier molecular flexibility index (Phi) is 3.93. The quantitative estimate of drug-likeness (QED) is 0.775. The topological polar surface area (TPSA) is 39.2 Å². The van der Waals surface area contributed by atoms with E-state index in [1.54, 1.807) is 25.3 Å². The summed E-state index contributed by atoms with van der Waals surface area (Å²) in [6.45, 7) is 8.42. The van der Waals surface area contributed by atoms with E-state index in [2.05, 4.69) is 25.8 Å². The molecule has 0 amide bonds. The molecule has 3 nitrogen and oxygen atoms in total. The van der Waals surface area contributed by atoms with Gasteiger partial charge in [0.05, 0.1) is 0 Å². The van der Waals surface area contributed by atoms with Crippen LogP contribution >= 0.6 is 0 Å². The SMILES string of the molecule is CC(=O)c1ccc(OC2CC(C)CC(C)(C)C2)nc1. The van der Waals surface area contributed by atoms with Gasteiger partial charge < -0.3 is 4.74 Å². The van der Waals surface area contributed by atoms with Crippen LogP contribution in [0, 0.1) is 11.3 Å². The molecule has 1 aromatic rings. The zero-order valence-corrected chi connectivity index (χ0v) is 12.3. The summed E-state index contributed by atoms with van der Waals surface area (Å²) in [6, 6.07) is 3.57. The molecule has 3 heteroatoms. The molecule has 1 heterocycles. The van der Waals surface area contributed by atoms with Crippen LogP contribution in [-0.2, 0) is 0 Å².